The smallest absolute Gasteiger partial charge is 0.263 e. The van der Waals surface area contributed by atoms with Crippen molar-refractivity contribution in [3.63, 3.8) is 0 Å². The Morgan fingerprint density at radius 3 is 2.56 bits per heavy atom. The molecule has 0 amide bonds. The van der Waals surface area contributed by atoms with Gasteiger partial charge in [0.2, 0.25) is 0 Å². The van der Waals surface area contributed by atoms with Gasteiger partial charge in [0.15, 0.2) is 5.76 Å². The summed E-state index contributed by atoms with van der Waals surface area (Å²) in [6.45, 7) is 0. The lowest BCUT2D eigenvalue weighted by Gasteiger charge is -2.12. The number of nitrogens with one attached hydrogen (secondary N) is 1. The van der Waals surface area contributed by atoms with E-state index in [1.807, 2.05) is 30.3 Å². The molecule has 1 aliphatic rings. The molecule has 0 bridgehead atoms. The largest absolute Gasteiger partial charge is 0.453 e. The lowest BCUT2D eigenvalue weighted by Crippen LogP contribution is -2.22. The number of ether oxygens (including phenoxy) is 1. The molecular formula is C22H14Cl4N2O3S. The van der Waals surface area contributed by atoms with Gasteiger partial charge in [0.1, 0.15) is 10.6 Å². The number of hydrogen-bond acceptors (Lipinski definition) is 4. The fourth-order valence-electron chi connectivity index (χ4n) is 2.99. The zero-order valence-electron chi connectivity index (χ0n) is 16.2. The Morgan fingerprint density at radius 2 is 1.78 bits per heavy atom. The standard InChI is InChI=1S/C22H14Cl4N2O3S/c23-14-5-8-21(18(25)10-14)32(29,30)28-15-6-7-17(24)22(19(26)11-15)31-16-9-13-3-1-2-4-20(13)27-12-16/h1-6,8-12,28H,7H2. The van der Waals surface area contributed by atoms with Crippen LogP contribution in [0.25, 0.3) is 10.9 Å². The summed E-state index contributed by atoms with van der Waals surface area (Å²) in [5.74, 6) is 0.653. The van der Waals surface area contributed by atoms with Crippen LogP contribution in [-0.2, 0) is 10.0 Å². The Balaban J connectivity index is 1.58. The molecule has 5 nitrogen and oxygen atoms in total. The van der Waals surface area contributed by atoms with Crippen LogP contribution in [0.1, 0.15) is 6.42 Å². The van der Waals surface area contributed by atoms with Crippen molar-refractivity contribution in [1.82, 2.24) is 9.71 Å². The molecule has 1 heterocycles. The summed E-state index contributed by atoms with van der Waals surface area (Å²) in [7, 11) is -3.99. The molecular weight excluding hydrogens is 514 g/mol. The highest BCUT2D eigenvalue weighted by Crippen LogP contribution is 2.32. The number of halogens is 4. The fourth-order valence-corrected chi connectivity index (χ4v) is 5.36. The molecule has 1 N–H and O–H groups in total. The third-order valence-electron chi connectivity index (χ3n) is 4.47. The first-order valence-electron chi connectivity index (χ1n) is 9.20. The maximum Gasteiger partial charge on any atom is 0.263 e. The van der Waals surface area contributed by atoms with Gasteiger partial charge in [-0.25, -0.2) is 8.42 Å². The molecule has 32 heavy (non-hydrogen) atoms. The SMILES string of the molecule is O=S(=O)(NC1=CCC(Cl)=C(Oc2cnc3ccccc3c2)C(Cl)=C1)c1ccc(Cl)cc1Cl. The number of para-hydroxylation sites is 1. The van der Waals surface area contributed by atoms with Crippen LogP contribution in [0.2, 0.25) is 10.0 Å². The fraction of sp³-hybridized carbons (Fsp3) is 0.0455. The molecule has 0 saturated heterocycles. The number of pyridine rings is 1. The predicted molar refractivity (Wildman–Crippen MR) is 129 cm³/mol. The van der Waals surface area contributed by atoms with Crippen LogP contribution in [-0.4, -0.2) is 13.4 Å². The van der Waals surface area contributed by atoms with E-state index in [0.717, 1.165) is 10.9 Å². The molecule has 10 heteroatoms. The van der Waals surface area contributed by atoms with Crippen LogP contribution in [0, 0.1) is 0 Å². The van der Waals surface area contributed by atoms with E-state index in [-0.39, 0.29) is 32.8 Å². The number of hydrogen-bond donors (Lipinski definition) is 1. The van der Waals surface area contributed by atoms with E-state index < -0.39 is 10.0 Å². The summed E-state index contributed by atoms with van der Waals surface area (Å²) in [4.78, 5) is 4.24. The van der Waals surface area contributed by atoms with Gasteiger partial charge >= 0.3 is 0 Å². The lowest BCUT2D eigenvalue weighted by molar-refractivity contribution is 0.437. The lowest BCUT2D eigenvalue weighted by atomic mass is 10.2. The molecule has 0 spiro atoms. The van der Waals surface area contributed by atoms with Gasteiger partial charge in [-0.3, -0.25) is 9.71 Å². The first-order valence-corrected chi connectivity index (χ1v) is 12.2. The number of sulfonamides is 1. The van der Waals surface area contributed by atoms with Crippen molar-refractivity contribution in [2.24, 2.45) is 0 Å². The summed E-state index contributed by atoms with van der Waals surface area (Å²) in [6.07, 6.45) is 4.76. The minimum Gasteiger partial charge on any atom is -0.453 e. The van der Waals surface area contributed by atoms with E-state index >= 15 is 0 Å². The average Bonchev–Trinajstić information content (AvgIpc) is 2.86. The highest BCUT2D eigenvalue weighted by atomic mass is 35.5. The quantitative estimate of drug-likeness (QED) is 0.398. The van der Waals surface area contributed by atoms with Gasteiger partial charge < -0.3 is 4.74 Å². The normalized spacial score (nSPS) is 14.6. The summed E-state index contributed by atoms with van der Waals surface area (Å²) in [5.41, 5.74) is 1.04. The van der Waals surface area contributed by atoms with Crippen molar-refractivity contribution in [2.45, 2.75) is 11.3 Å². The van der Waals surface area contributed by atoms with Crippen LogP contribution in [0.4, 0.5) is 0 Å². The van der Waals surface area contributed by atoms with Gasteiger partial charge in [0.25, 0.3) is 10.0 Å². The van der Waals surface area contributed by atoms with Crippen LogP contribution in [0.5, 0.6) is 5.75 Å². The molecule has 0 aliphatic heterocycles. The second-order valence-electron chi connectivity index (χ2n) is 6.74. The van der Waals surface area contributed by atoms with Crippen molar-refractivity contribution in [3.8, 4) is 5.75 Å². The number of allylic oxidation sites excluding steroid dienone is 4. The Hall–Kier alpha value is -2.22. The summed E-state index contributed by atoms with van der Waals surface area (Å²) >= 11 is 24.7. The average molecular weight is 528 g/mol. The Bertz CT molecular complexity index is 1420. The van der Waals surface area contributed by atoms with Crippen molar-refractivity contribution < 1.29 is 13.2 Å². The maximum atomic E-state index is 12.8. The topological polar surface area (TPSA) is 68.3 Å². The molecule has 164 valence electrons. The monoisotopic (exact) mass is 526 g/mol. The minimum atomic E-state index is -3.99. The van der Waals surface area contributed by atoms with Crippen LogP contribution in [0.3, 0.4) is 0 Å². The second-order valence-corrected chi connectivity index (χ2v) is 10.1. The highest BCUT2D eigenvalue weighted by Gasteiger charge is 2.22. The Labute approximate surface area is 205 Å². The van der Waals surface area contributed by atoms with Crippen LogP contribution in [0.15, 0.2) is 93.3 Å². The molecule has 0 unspecified atom stereocenters. The number of aromatic nitrogens is 1. The maximum absolute atomic E-state index is 12.8. The molecule has 1 aromatic heterocycles. The highest BCUT2D eigenvalue weighted by molar-refractivity contribution is 7.89. The van der Waals surface area contributed by atoms with E-state index in [9.17, 15) is 8.42 Å². The van der Waals surface area contributed by atoms with Gasteiger partial charge in [-0.1, -0.05) is 70.7 Å². The summed E-state index contributed by atoms with van der Waals surface area (Å²) in [6, 6.07) is 13.5. The molecule has 0 saturated carbocycles. The van der Waals surface area contributed by atoms with Crippen molar-refractivity contribution in [2.75, 3.05) is 0 Å². The molecule has 1 aliphatic carbocycles. The summed E-state index contributed by atoms with van der Waals surface area (Å²) in [5, 5.41) is 1.64. The van der Waals surface area contributed by atoms with Crippen LogP contribution < -0.4 is 9.46 Å². The molecule has 2 aromatic carbocycles. The first-order chi connectivity index (χ1) is 15.2. The van der Waals surface area contributed by atoms with Crippen molar-refractivity contribution in [1.29, 1.82) is 0 Å². The predicted octanol–water partition coefficient (Wildman–Crippen LogP) is 6.76. The van der Waals surface area contributed by atoms with E-state index in [0.29, 0.717) is 15.8 Å². The molecule has 0 radical (unpaired) electrons. The third-order valence-corrected chi connectivity index (χ3v) is 7.17. The third kappa shape index (κ3) is 5.05. The minimum absolute atomic E-state index is 0.00159. The van der Waals surface area contributed by atoms with E-state index in [1.165, 1.54) is 24.3 Å². The Kier molecular flexibility index (Phi) is 6.70. The first kappa shape index (κ1) is 23.0. The summed E-state index contributed by atoms with van der Waals surface area (Å²) < 4.78 is 33.9. The van der Waals surface area contributed by atoms with Crippen molar-refractivity contribution >= 4 is 67.3 Å². The van der Waals surface area contributed by atoms with Gasteiger partial charge in [0, 0.05) is 22.5 Å². The second kappa shape index (κ2) is 9.33. The number of rotatable bonds is 5. The van der Waals surface area contributed by atoms with E-state index in [4.69, 9.17) is 51.1 Å². The number of nitrogens with zero attached hydrogens (tertiary/aromatic N) is 1. The van der Waals surface area contributed by atoms with E-state index in [2.05, 4.69) is 9.71 Å². The van der Waals surface area contributed by atoms with E-state index in [1.54, 1.807) is 12.3 Å². The zero-order chi connectivity index (χ0) is 22.9. The number of fused-ring (bicyclic) bond motifs is 1. The van der Waals surface area contributed by atoms with Gasteiger partial charge in [-0.15, -0.1) is 0 Å². The molecule has 0 atom stereocenters. The van der Waals surface area contributed by atoms with Crippen LogP contribution >= 0.6 is 46.4 Å². The van der Waals surface area contributed by atoms with Gasteiger partial charge in [-0.05, 0) is 36.4 Å². The van der Waals surface area contributed by atoms with Gasteiger partial charge in [0.05, 0.1) is 26.8 Å². The number of benzene rings is 2. The zero-order valence-corrected chi connectivity index (χ0v) is 20.0. The molecule has 0 fully saturated rings. The van der Waals surface area contributed by atoms with Crippen molar-refractivity contribution in [3.05, 3.63) is 98.4 Å². The van der Waals surface area contributed by atoms with Gasteiger partial charge in [-0.2, -0.15) is 0 Å². The molecule has 4 rings (SSSR count). The molecule has 3 aromatic rings. The Morgan fingerprint density at radius 1 is 1.00 bits per heavy atom.